The van der Waals surface area contributed by atoms with Gasteiger partial charge in [0.2, 0.25) is 17.7 Å². The van der Waals surface area contributed by atoms with E-state index in [1.165, 1.54) is 31.1 Å². The quantitative estimate of drug-likeness (QED) is 0.0109. The summed E-state index contributed by atoms with van der Waals surface area (Å²) in [6.07, 6.45) is 1.69. The largest absolute Gasteiger partial charge is 0.460 e. The second-order valence-electron chi connectivity index (χ2n) is 18.7. The van der Waals surface area contributed by atoms with Crippen LogP contribution in [0.3, 0.4) is 0 Å². The normalized spacial score (nSPS) is 17.5. The molecule has 4 aromatic carbocycles. The first-order valence-electron chi connectivity index (χ1n) is 25.4. The molecule has 2 saturated heterocycles. The van der Waals surface area contributed by atoms with Crippen LogP contribution in [-0.2, 0) is 70.5 Å². The summed E-state index contributed by atoms with van der Waals surface area (Å²) >= 11 is 12.7. The fourth-order valence-corrected chi connectivity index (χ4v) is 9.50. The monoisotopic (exact) mass is 1140 g/mol. The second-order valence-corrected chi connectivity index (χ2v) is 19.5. The molecule has 2 fully saturated rings. The molecule has 4 N–H and O–H groups in total. The number of esters is 2. The summed E-state index contributed by atoms with van der Waals surface area (Å²) in [7, 11) is 3.10. The second kappa shape index (κ2) is 30.9. The molecule has 4 amide bonds. The Balaban J connectivity index is 0.000000243. The van der Waals surface area contributed by atoms with Crippen LogP contribution in [0.1, 0.15) is 92.7 Å². The van der Waals surface area contributed by atoms with E-state index in [0.29, 0.717) is 47.5 Å². The number of Topliss-reactive ketones (excluding diaryl/α,β-unsaturated/α-hetero) is 1. The van der Waals surface area contributed by atoms with Gasteiger partial charge >= 0.3 is 11.9 Å². The number of rotatable bonds is 20. The Morgan fingerprint density at radius 1 is 0.765 bits per heavy atom. The molecular formula is C60H62Cl2N6O13. The number of hydrogen-bond donors (Lipinski definition) is 3. The lowest BCUT2D eigenvalue weighted by molar-refractivity contribution is -0.274. The van der Waals surface area contributed by atoms with Crippen LogP contribution in [-0.4, -0.2) is 103 Å². The Labute approximate surface area is 479 Å². The van der Waals surface area contributed by atoms with Crippen LogP contribution in [0.4, 0.5) is 0 Å². The van der Waals surface area contributed by atoms with Crippen LogP contribution in [0, 0.1) is 28.6 Å². The number of nitrogens with one attached hydrogen (secondary N) is 1. The number of carbonyl (C=O) groups is 7. The number of ketones is 1. The molecule has 3 unspecified atom stereocenters. The van der Waals surface area contributed by atoms with Crippen molar-refractivity contribution >= 4 is 70.6 Å². The zero-order valence-corrected chi connectivity index (χ0v) is 47.0. The van der Waals surface area contributed by atoms with Crippen molar-refractivity contribution in [1.29, 1.82) is 10.5 Å². The molecule has 4 atom stereocenters. The predicted molar refractivity (Wildman–Crippen MR) is 298 cm³/mol. The number of hydrogen-bond acceptors (Lipinski definition) is 17. The first-order chi connectivity index (χ1) is 38.8. The van der Waals surface area contributed by atoms with Gasteiger partial charge in [-0.3, -0.25) is 39.0 Å². The molecular weight excluding hydrogens is 1080 g/mol. The zero-order valence-electron chi connectivity index (χ0n) is 45.5. The topological polar surface area (TPSA) is 278 Å². The van der Waals surface area contributed by atoms with Gasteiger partial charge in [-0.1, -0.05) is 108 Å². The van der Waals surface area contributed by atoms with Crippen molar-refractivity contribution in [3.05, 3.63) is 180 Å². The summed E-state index contributed by atoms with van der Waals surface area (Å²) in [6, 6.07) is 32.3. The molecule has 7 rings (SSSR count). The lowest BCUT2D eigenvalue weighted by atomic mass is 9.78. The maximum atomic E-state index is 13.8. The maximum absolute atomic E-state index is 13.8. The highest BCUT2D eigenvalue weighted by Gasteiger charge is 2.45. The van der Waals surface area contributed by atoms with Gasteiger partial charge in [-0.05, 0) is 92.6 Å². The number of methoxy groups -OCH3 is 2. The molecule has 4 aromatic rings. The predicted octanol–water partition coefficient (Wildman–Crippen LogP) is 8.40. The van der Waals surface area contributed by atoms with Crippen LogP contribution in [0.5, 0.6) is 0 Å². The van der Waals surface area contributed by atoms with Gasteiger partial charge < -0.3 is 30.0 Å². The summed E-state index contributed by atoms with van der Waals surface area (Å²) in [4.78, 5) is 94.0. The average molecular weight is 1150 g/mol. The highest BCUT2D eigenvalue weighted by Crippen LogP contribution is 2.44. The Hall–Kier alpha value is -8.27. The molecule has 0 aromatic heterocycles. The highest BCUT2D eigenvalue weighted by atomic mass is 35.5. The van der Waals surface area contributed by atoms with Crippen molar-refractivity contribution in [3.63, 3.8) is 0 Å². The number of imide groups is 2. The molecule has 19 nitrogen and oxygen atoms in total. The van der Waals surface area contributed by atoms with Crippen molar-refractivity contribution in [2.45, 2.75) is 84.6 Å². The molecule has 0 radical (unpaired) electrons. The van der Waals surface area contributed by atoms with Crippen molar-refractivity contribution in [3.8, 4) is 12.1 Å². The van der Waals surface area contributed by atoms with Crippen molar-refractivity contribution in [2.75, 3.05) is 34.0 Å². The Morgan fingerprint density at radius 2 is 1.33 bits per heavy atom. The molecule has 0 saturated carbocycles. The minimum atomic E-state index is -1.22. The lowest BCUT2D eigenvalue weighted by Gasteiger charge is -2.32. The molecule has 81 heavy (non-hydrogen) atoms. The number of nitrogens with zero attached hydrogens (tertiary/aromatic N) is 4. The van der Waals surface area contributed by atoms with Crippen LogP contribution in [0.25, 0.3) is 6.08 Å². The first kappa shape index (κ1) is 63.6. The lowest BCUT2D eigenvalue weighted by Crippen LogP contribution is -2.35. The number of nitrogens with two attached hydrogens (primary N) is 1. The van der Waals surface area contributed by atoms with E-state index in [2.05, 4.69) is 16.3 Å². The van der Waals surface area contributed by atoms with Gasteiger partial charge in [-0.25, -0.2) is 14.5 Å². The number of allylic oxidation sites excluding steroid dienone is 4. The average Bonchev–Trinajstić information content (AvgIpc) is 3.99. The number of halogens is 2. The SMILES string of the molecule is C/C(N)=C/C(OO)C1CC(=O)N(Cc2ccccc2)C1=O.COCCCC1=C(C)NC(C)=C(C(=O)OC2CC(=O)N(Cc3ccccc3)C2=O)[C@@H]1c1cccc(C#N)c1Cl.COCCOC(=O)/C(=C\c1cccc(C#N)c1Cl)C(C)=O. The number of ether oxygens (including phenoxy) is 4. The van der Waals surface area contributed by atoms with Crippen LogP contribution in [0.2, 0.25) is 10.0 Å². The number of dihydropyridines is 1. The zero-order chi connectivity index (χ0) is 59.3. The molecule has 21 heteroatoms. The number of amides is 4. The van der Waals surface area contributed by atoms with Crippen molar-refractivity contribution in [2.24, 2.45) is 11.7 Å². The van der Waals surface area contributed by atoms with Gasteiger partial charge in [0.15, 0.2) is 11.9 Å². The smallest absolute Gasteiger partial charge is 0.341 e. The Kier molecular flexibility index (Phi) is 24.3. The minimum Gasteiger partial charge on any atom is -0.460 e. The van der Waals surface area contributed by atoms with Gasteiger partial charge in [0.05, 0.1) is 58.8 Å². The van der Waals surface area contributed by atoms with E-state index in [9.17, 15) is 38.8 Å². The number of carbonyl (C=O) groups excluding carboxylic acids is 7. The summed E-state index contributed by atoms with van der Waals surface area (Å²) in [6.45, 7) is 7.69. The van der Waals surface area contributed by atoms with Crippen LogP contribution >= 0.6 is 23.2 Å². The highest BCUT2D eigenvalue weighted by molar-refractivity contribution is 6.34. The van der Waals surface area contributed by atoms with E-state index in [1.807, 2.05) is 73.7 Å². The minimum absolute atomic E-state index is 0.000668. The summed E-state index contributed by atoms with van der Waals surface area (Å²) in [5.41, 5.74) is 11.6. The van der Waals surface area contributed by atoms with Crippen LogP contribution in [0.15, 0.2) is 137 Å². The van der Waals surface area contributed by atoms with E-state index in [1.54, 1.807) is 57.4 Å². The fourth-order valence-electron chi connectivity index (χ4n) is 9.00. The number of likely N-dealkylation sites (tertiary alicyclic amines) is 2. The first-order valence-corrected chi connectivity index (χ1v) is 26.2. The third-order valence-corrected chi connectivity index (χ3v) is 13.8. The number of nitriles is 2. The molecule has 424 valence electrons. The summed E-state index contributed by atoms with van der Waals surface area (Å²) in [5, 5.41) is 31.1. The standard InChI is InChI=1S/C30H30ClN3O5.C15H14ClNO4.C15H18N2O4/c1-18-22(13-8-14-38-3)27(23-12-7-11-21(16-32)28(23)31)26(19(2)33-18)30(37)39-24-15-25(35)34(29(24)36)17-20-9-5-4-6-10-20;1-10(18)13(15(19)21-7-6-20-2)8-11-4-3-5-12(9-17)14(11)16;1-10(16)7-13(21-20)12-8-14(18)17(15(12)19)9-11-5-3-2-4-6-11/h4-7,9-12,24,27,33H,8,13-15,17H2,1-3H3;3-5,8H,6-7H2,1-2H3;2-7,12-13,20H,8-9,16H2,1H3/b;13-8-;10-7-/t24?,27-;;/m0../s1. The Morgan fingerprint density at radius 3 is 1.89 bits per heavy atom. The van der Waals surface area contributed by atoms with Crippen molar-refractivity contribution < 1.29 is 62.7 Å². The summed E-state index contributed by atoms with van der Waals surface area (Å²) in [5.74, 6) is -4.85. The van der Waals surface area contributed by atoms with E-state index in [4.69, 9.17) is 58.4 Å². The van der Waals surface area contributed by atoms with Gasteiger partial charge in [0.1, 0.15) is 30.4 Å². The van der Waals surface area contributed by atoms with Gasteiger partial charge in [0, 0.05) is 50.3 Å². The van der Waals surface area contributed by atoms with E-state index < -0.39 is 53.6 Å². The molecule has 0 bridgehead atoms. The van der Waals surface area contributed by atoms with Crippen molar-refractivity contribution in [1.82, 2.24) is 15.1 Å². The van der Waals surface area contributed by atoms with Gasteiger partial charge in [0.25, 0.3) is 5.91 Å². The molecule has 0 spiro atoms. The van der Waals surface area contributed by atoms with E-state index in [-0.39, 0.29) is 77.7 Å². The molecule has 3 aliphatic rings. The fraction of sp³-hybridized carbons (Fsp3) is 0.317. The Bertz CT molecular complexity index is 3200. The molecule has 3 heterocycles. The third kappa shape index (κ3) is 16.9. The summed E-state index contributed by atoms with van der Waals surface area (Å²) < 4.78 is 20.6. The number of benzene rings is 4. The molecule has 3 aliphatic heterocycles. The van der Waals surface area contributed by atoms with Crippen LogP contribution < -0.4 is 11.1 Å². The van der Waals surface area contributed by atoms with E-state index >= 15 is 0 Å². The van der Waals surface area contributed by atoms with E-state index in [0.717, 1.165) is 27.3 Å². The third-order valence-electron chi connectivity index (χ3n) is 13.0. The molecule has 0 aliphatic carbocycles. The van der Waals surface area contributed by atoms with Gasteiger partial charge in [-0.2, -0.15) is 10.5 Å². The maximum Gasteiger partial charge on any atom is 0.341 e. The van der Waals surface area contributed by atoms with Gasteiger partial charge in [-0.15, -0.1) is 0 Å².